The van der Waals surface area contributed by atoms with Crippen LogP contribution in [0.3, 0.4) is 0 Å². The molecular formula is C9H14Cl2N4O. The van der Waals surface area contributed by atoms with E-state index in [-0.39, 0.29) is 11.7 Å². The predicted octanol–water partition coefficient (Wildman–Crippen LogP) is 1.15. The summed E-state index contributed by atoms with van der Waals surface area (Å²) in [7, 11) is 0. The number of ketones is 1. The molecule has 1 rings (SSSR count). The Kier molecular flexibility index (Phi) is 5.18. The fourth-order valence-electron chi connectivity index (χ4n) is 1.30. The Labute approximate surface area is 104 Å². The van der Waals surface area contributed by atoms with E-state index in [1.807, 2.05) is 0 Å². The van der Waals surface area contributed by atoms with E-state index in [2.05, 4.69) is 9.98 Å². The van der Waals surface area contributed by atoms with Gasteiger partial charge in [-0.1, -0.05) is 0 Å². The van der Waals surface area contributed by atoms with Gasteiger partial charge in [0.05, 0.1) is 5.88 Å². The topological polar surface area (TPSA) is 71.0 Å². The highest BCUT2D eigenvalue weighted by Gasteiger charge is 2.27. The van der Waals surface area contributed by atoms with Crippen molar-refractivity contribution in [3.63, 3.8) is 0 Å². The number of rotatable bonds is 5. The van der Waals surface area contributed by atoms with Crippen LogP contribution < -0.4 is 5.84 Å². The fourth-order valence-corrected chi connectivity index (χ4v) is 1.57. The van der Waals surface area contributed by atoms with Gasteiger partial charge in [-0.05, 0) is 13.3 Å². The summed E-state index contributed by atoms with van der Waals surface area (Å²) in [6, 6.07) is 0. The van der Waals surface area contributed by atoms with Crippen molar-refractivity contribution in [2.75, 3.05) is 11.8 Å². The summed E-state index contributed by atoms with van der Waals surface area (Å²) < 4.78 is 0. The third-order valence-corrected chi connectivity index (χ3v) is 2.68. The maximum Gasteiger partial charge on any atom is 0.197 e. The first kappa shape index (κ1) is 13.4. The highest BCUT2D eigenvalue weighted by molar-refractivity contribution is 6.28. The van der Waals surface area contributed by atoms with E-state index in [9.17, 15) is 4.79 Å². The van der Waals surface area contributed by atoms with Crippen LogP contribution >= 0.6 is 23.2 Å². The van der Waals surface area contributed by atoms with Crippen molar-refractivity contribution in [3.8, 4) is 0 Å². The van der Waals surface area contributed by atoms with Gasteiger partial charge in [-0.2, -0.15) is 0 Å². The van der Waals surface area contributed by atoms with Gasteiger partial charge in [-0.15, -0.1) is 23.2 Å². The molecule has 2 N–H and O–H groups in total. The summed E-state index contributed by atoms with van der Waals surface area (Å²) in [5.74, 6) is 7.03. The molecule has 0 saturated carbocycles. The number of alkyl halides is 2. The molecule has 0 bridgehead atoms. The van der Waals surface area contributed by atoms with Gasteiger partial charge in [-0.25, -0.2) is 15.8 Å². The molecule has 1 unspecified atom stereocenters. The maximum atomic E-state index is 11.5. The second kappa shape index (κ2) is 6.18. The zero-order chi connectivity index (χ0) is 12.1. The molecule has 16 heavy (non-hydrogen) atoms. The van der Waals surface area contributed by atoms with Crippen molar-refractivity contribution in [3.05, 3.63) is 0 Å². The summed E-state index contributed by atoms with van der Waals surface area (Å²) in [5, 5.41) is 1.23. The van der Waals surface area contributed by atoms with Crippen molar-refractivity contribution in [1.82, 2.24) is 5.01 Å². The number of Topliss-reactive ketones (excluding diaryl/α,β-unsaturated/α-hetero) is 1. The van der Waals surface area contributed by atoms with E-state index in [1.54, 1.807) is 6.92 Å². The van der Waals surface area contributed by atoms with Crippen LogP contribution in [0.15, 0.2) is 9.98 Å². The number of nitrogens with two attached hydrogens (primary N) is 1. The normalized spacial score (nSPS) is 20.5. The van der Waals surface area contributed by atoms with Gasteiger partial charge in [0.25, 0.3) is 0 Å². The first-order valence-corrected chi connectivity index (χ1v) is 5.97. The van der Waals surface area contributed by atoms with Gasteiger partial charge < -0.3 is 0 Å². The molecule has 0 aromatic rings. The zero-order valence-corrected chi connectivity index (χ0v) is 10.5. The Bertz CT molecular complexity index is 329. The number of amidine groups is 2. The van der Waals surface area contributed by atoms with Gasteiger partial charge in [0.15, 0.2) is 11.9 Å². The predicted molar refractivity (Wildman–Crippen MR) is 66.0 cm³/mol. The lowest BCUT2D eigenvalue weighted by Gasteiger charge is -2.28. The molecule has 0 radical (unpaired) electrons. The molecule has 90 valence electrons. The molecule has 1 atom stereocenters. The number of hydrazine groups is 1. The Morgan fingerprint density at radius 1 is 1.56 bits per heavy atom. The lowest BCUT2D eigenvalue weighted by atomic mass is 10.2. The largest absolute Gasteiger partial charge is 0.294 e. The van der Waals surface area contributed by atoms with E-state index in [0.29, 0.717) is 24.0 Å². The second-order valence-electron chi connectivity index (χ2n) is 3.38. The molecule has 0 aliphatic carbocycles. The van der Waals surface area contributed by atoms with Crippen LogP contribution in [0.4, 0.5) is 0 Å². The number of hydrogen-bond acceptors (Lipinski definition) is 5. The van der Waals surface area contributed by atoms with Gasteiger partial charge in [-0.3, -0.25) is 9.80 Å². The van der Waals surface area contributed by atoms with E-state index in [1.165, 1.54) is 5.01 Å². The van der Waals surface area contributed by atoms with Gasteiger partial charge >= 0.3 is 0 Å². The van der Waals surface area contributed by atoms with Crippen LogP contribution in [-0.4, -0.2) is 40.4 Å². The Morgan fingerprint density at radius 2 is 2.25 bits per heavy atom. The van der Waals surface area contributed by atoms with Gasteiger partial charge in [0.1, 0.15) is 11.7 Å². The summed E-state index contributed by atoms with van der Waals surface area (Å²) in [6.45, 7) is 1.73. The van der Waals surface area contributed by atoms with Gasteiger partial charge in [0.2, 0.25) is 0 Å². The second-order valence-corrected chi connectivity index (χ2v) is 4.02. The average molecular weight is 265 g/mol. The van der Waals surface area contributed by atoms with E-state index >= 15 is 0 Å². The van der Waals surface area contributed by atoms with Crippen molar-refractivity contribution in [2.45, 2.75) is 25.9 Å². The van der Waals surface area contributed by atoms with Crippen molar-refractivity contribution >= 4 is 40.7 Å². The van der Waals surface area contributed by atoms with E-state index < -0.39 is 6.17 Å². The van der Waals surface area contributed by atoms with Crippen molar-refractivity contribution in [2.24, 2.45) is 15.8 Å². The minimum Gasteiger partial charge on any atom is -0.294 e. The molecule has 0 spiro atoms. The molecule has 0 amide bonds. The van der Waals surface area contributed by atoms with E-state index in [4.69, 9.17) is 29.0 Å². The summed E-state index contributed by atoms with van der Waals surface area (Å²) in [6.07, 6.45) is 0.657. The monoisotopic (exact) mass is 264 g/mol. The SMILES string of the molecule is CC1=NC(CCCCl)=NC(C(=O)CCl)N1N. The quantitative estimate of drug-likeness (QED) is 0.598. The minimum atomic E-state index is -0.750. The molecule has 0 fully saturated rings. The molecule has 0 saturated heterocycles. The van der Waals surface area contributed by atoms with E-state index in [0.717, 1.165) is 6.42 Å². The lowest BCUT2D eigenvalue weighted by molar-refractivity contribution is -0.120. The lowest BCUT2D eigenvalue weighted by Crippen LogP contribution is -2.50. The summed E-state index contributed by atoms with van der Waals surface area (Å²) >= 11 is 11.1. The highest BCUT2D eigenvalue weighted by atomic mass is 35.5. The molecule has 0 aromatic carbocycles. The molecule has 0 aromatic heterocycles. The molecule has 5 nitrogen and oxygen atoms in total. The standard InChI is InChI=1S/C9H14Cl2N4O/c1-6-13-8(3-2-4-10)14-9(15(6)12)7(16)5-11/h9H,2-5,12H2,1H3. The minimum absolute atomic E-state index is 0.113. The van der Waals surface area contributed by atoms with Crippen molar-refractivity contribution < 1.29 is 4.79 Å². The zero-order valence-electron chi connectivity index (χ0n) is 8.99. The van der Waals surface area contributed by atoms with Crippen molar-refractivity contribution in [1.29, 1.82) is 0 Å². The fraction of sp³-hybridized carbons (Fsp3) is 0.667. The third-order valence-electron chi connectivity index (χ3n) is 2.15. The number of hydrogen-bond donors (Lipinski definition) is 1. The summed E-state index contributed by atoms with van der Waals surface area (Å²) in [5.41, 5.74) is 0. The molecule has 1 aliphatic heterocycles. The molecule has 1 aliphatic rings. The third kappa shape index (κ3) is 3.17. The Morgan fingerprint density at radius 3 is 2.81 bits per heavy atom. The molecular weight excluding hydrogens is 251 g/mol. The Balaban J connectivity index is 2.81. The number of nitrogens with zero attached hydrogens (tertiary/aromatic N) is 3. The van der Waals surface area contributed by atoms with Crippen LogP contribution in [0.1, 0.15) is 19.8 Å². The van der Waals surface area contributed by atoms with Crippen LogP contribution in [-0.2, 0) is 4.79 Å². The Hall–Kier alpha value is -0.650. The molecule has 1 heterocycles. The van der Waals surface area contributed by atoms with Crippen LogP contribution in [0.25, 0.3) is 0 Å². The first-order valence-electron chi connectivity index (χ1n) is 4.90. The molecule has 7 heteroatoms. The number of aliphatic imine (C=N–C) groups is 2. The highest BCUT2D eigenvalue weighted by Crippen LogP contribution is 2.11. The smallest absolute Gasteiger partial charge is 0.197 e. The van der Waals surface area contributed by atoms with Crippen LogP contribution in [0.5, 0.6) is 0 Å². The number of carbonyl (C=O) groups is 1. The maximum absolute atomic E-state index is 11.5. The number of carbonyl (C=O) groups excluding carboxylic acids is 1. The summed E-state index contributed by atoms with van der Waals surface area (Å²) in [4.78, 5) is 19.8. The van der Waals surface area contributed by atoms with Gasteiger partial charge in [0, 0.05) is 12.3 Å². The number of halogens is 2. The first-order chi connectivity index (χ1) is 7.60. The van der Waals surface area contributed by atoms with Crippen LogP contribution in [0.2, 0.25) is 0 Å². The van der Waals surface area contributed by atoms with Crippen LogP contribution in [0, 0.1) is 0 Å². The average Bonchev–Trinajstić information content (AvgIpc) is 2.29.